The molecule has 1 aromatic carbocycles. The quantitative estimate of drug-likeness (QED) is 0.471. The van der Waals surface area contributed by atoms with Crippen molar-refractivity contribution in [3.05, 3.63) is 55.9 Å². The van der Waals surface area contributed by atoms with Crippen LogP contribution in [0.15, 0.2) is 27.6 Å². The van der Waals surface area contributed by atoms with Gasteiger partial charge in [-0.25, -0.2) is 8.78 Å². The number of aryl methyl sites for hydroxylation is 1. The van der Waals surface area contributed by atoms with Gasteiger partial charge in [0.25, 0.3) is 11.5 Å². The summed E-state index contributed by atoms with van der Waals surface area (Å²) in [6, 6.07) is 1.34. The molecule has 1 aliphatic heterocycles. The summed E-state index contributed by atoms with van der Waals surface area (Å²) in [6.45, 7) is 4.59. The Morgan fingerprint density at radius 1 is 1.12 bits per heavy atom. The predicted octanol–water partition coefficient (Wildman–Crippen LogP) is 4.23. The molecule has 1 fully saturated rings. The minimum Gasteiger partial charge on any atom is -0.367 e. The molecular formula is C21H22BrF5N4O2. The van der Waals surface area contributed by atoms with E-state index in [2.05, 4.69) is 26.1 Å². The average molecular weight is 537 g/mol. The number of anilines is 2. The summed E-state index contributed by atoms with van der Waals surface area (Å²) in [5.74, 6) is -3.36. The number of hydrogen-bond donors (Lipinski definition) is 1. The largest absolute Gasteiger partial charge is 0.417 e. The number of hydrogen-bond acceptors (Lipinski definition) is 4. The van der Waals surface area contributed by atoms with Gasteiger partial charge in [-0.15, -0.1) is 0 Å². The highest BCUT2D eigenvalue weighted by atomic mass is 79.9. The third kappa shape index (κ3) is 4.91. The number of likely N-dealkylation sites (N-methyl/N-ethyl adjacent to an activating group) is 1. The number of carbonyl (C=O) groups is 1. The van der Waals surface area contributed by atoms with Crippen LogP contribution in [0.25, 0.3) is 0 Å². The number of nitrogens with zero attached hydrogens (tertiary/aromatic N) is 3. The van der Waals surface area contributed by atoms with Gasteiger partial charge in [-0.1, -0.05) is 0 Å². The fourth-order valence-corrected chi connectivity index (χ4v) is 4.09. The Hall–Kier alpha value is -2.47. The lowest BCUT2D eigenvalue weighted by Crippen LogP contribution is -2.55. The highest BCUT2D eigenvalue weighted by Crippen LogP contribution is 2.38. The maximum atomic E-state index is 15.1. The first kappa shape index (κ1) is 25.2. The van der Waals surface area contributed by atoms with Crippen molar-refractivity contribution in [1.29, 1.82) is 0 Å². The van der Waals surface area contributed by atoms with Crippen LogP contribution in [0.3, 0.4) is 0 Å². The van der Waals surface area contributed by atoms with Crippen molar-refractivity contribution in [2.24, 2.45) is 7.05 Å². The van der Waals surface area contributed by atoms with Crippen molar-refractivity contribution in [1.82, 2.24) is 9.47 Å². The van der Waals surface area contributed by atoms with Crippen molar-refractivity contribution in [3.8, 4) is 0 Å². The number of alkyl halides is 3. The van der Waals surface area contributed by atoms with Crippen LogP contribution >= 0.6 is 15.9 Å². The Balaban J connectivity index is 2.10. The second kappa shape index (κ2) is 9.05. The summed E-state index contributed by atoms with van der Waals surface area (Å²) < 4.78 is 70.2. The van der Waals surface area contributed by atoms with Gasteiger partial charge in [-0.2, -0.15) is 13.2 Å². The third-order valence-electron chi connectivity index (χ3n) is 5.86. The minimum absolute atomic E-state index is 0.00623. The van der Waals surface area contributed by atoms with Crippen LogP contribution in [0, 0.1) is 11.6 Å². The number of carbonyl (C=O) groups excluding carboxylic acids is 1. The number of rotatable bonds is 3. The van der Waals surface area contributed by atoms with Crippen LogP contribution in [0.4, 0.5) is 33.3 Å². The van der Waals surface area contributed by atoms with Gasteiger partial charge in [-0.3, -0.25) is 14.5 Å². The second-order valence-corrected chi connectivity index (χ2v) is 8.94. The smallest absolute Gasteiger partial charge is 0.367 e. The summed E-state index contributed by atoms with van der Waals surface area (Å²) in [6.07, 6.45) is -4.26. The number of halogens is 6. The van der Waals surface area contributed by atoms with Gasteiger partial charge in [0.1, 0.15) is 11.5 Å². The molecule has 0 radical (unpaired) electrons. The highest BCUT2D eigenvalue weighted by molar-refractivity contribution is 9.10. The van der Waals surface area contributed by atoms with Gasteiger partial charge in [0.05, 0.1) is 21.3 Å². The monoisotopic (exact) mass is 536 g/mol. The van der Waals surface area contributed by atoms with E-state index in [0.717, 1.165) is 16.8 Å². The van der Waals surface area contributed by atoms with E-state index in [0.29, 0.717) is 19.2 Å². The molecule has 180 valence electrons. The Morgan fingerprint density at radius 3 is 2.24 bits per heavy atom. The SMILES string of the molecule is CC1CN(c2cc(F)c(Br)c(F)c2NC(=O)c2cn(C)c(=O)cc2C(F)(F)F)CC(C)N1C. The molecule has 6 nitrogen and oxygen atoms in total. The first-order valence-electron chi connectivity index (χ1n) is 9.96. The van der Waals surface area contributed by atoms with Gasteiger partial charge >= 0.3 is 6.18 Å². The van der Waals surface area contributed by atoms with Crippen LogP contribution in [-0.2, 0) is 13.2 Å². The summed E-state index contributed by atoms with van der Waals surface area (Å²) in [5, 5.41) is 2.18. The maximum Gasteiger partial charge on any atom is 0.417 e. The first-order chi connectivity index (χ1) is 15.2. The molecule has 1 amide bonds. The minimum atomic E-state index is -4.99. The van der Waals surface area contributed by atoms with E-state index in [4.69, 9.17) is 0 Å². The van der Waals surface area contributed by atoms with Crippen molar-refractivity contribution in [3.63, 3.8) is 0 Å². The number of pyridine rings is 1. The Labute approximate surface area is 195 Å². The predicted molar refractivity (Wildman–Crippen MR) is 118 cm³/mol. The third-order valence-corrected chi connectivity index (χ3v) is 6.59. The van der Waals surface area contributed by atoms with Gasteiger partial charge in [0, 0.05) is 50.6 Å². The van der Waals surface area contributed by atoms with Crippen molar-refractivity contribution in [2.45, 2.75) is 32.1 Å². The normalized spacial score (nSPS) is 19.6. The average Bonchev–Trinajstić information content (AvgIpc) is 2.72. The molecule has 2 aromatic rings. The molecule has 0 aliphatic carbocycles. The molecule has 3 rings (SSSR count). The van der Waals surface area contributed by atoms with Crippen LogP contribution in [0.2, 0.25) is 0 Å². The zero-order valence-corrected chi connectivity index (χ0v) is 19.8. The number of amides is 1. The van der Waals surface area contributed by atoms with Crippen LogP contribution < -0.4 is 15.8 Å². The highest BCUT2D eigenvalue weighted by Gasteiger charge is 2.37. The molecule has 2 unspecified atom stereocenters. The number of piperazine rings is 1. The molecule has 1 aromatic heterocycles. The summed E-state index contributed by atoms with van der Waals surface area (Å²) in [5.41, 5.74) is -3.73. The zero-order chi connectivity index (χ0) is 24.8. The van der Waals surface area contributed by atoms with E-state index >= 15 is 4.39 Å². The van der Waals surface area contributed by atoms with Crippen LogP contribution in [0.5, 0.6) is 0 Å². The molecule has 0 saturated carbocycles. The Bertz CT molecular complexity index is 1140. The summed E-state index contributed by atoms with van der Waals surface area (Å²) in [4.78, 5) is 28.4. The molecular weight excluding hydrogens is 515 g/mol. The van der Waals surface area contributed by atoms with Gasteiger partial charge in [0.15, 0.2) is 5.82 Å². The first-order valence-corrected chi connectivity index (χ1v) is 10.7. The lowest BCUT2D eigenvalue weighted by Gasteiger charge is -2.44. The zero-order valence-electron chi connectivity index (χ0n) is 18.2. The number of nitrogens with one attached hydrogen (secondary N) is 1. The molecule has 0 spiro atoms. The van der Waals surface area contributed by atoms with E-state index in [1.165, 1.54) is 7.05 Å². The molecule has 2 atom stereocenters. The Morgan fingerprint density at radius 2 is 1.70 bits per heavy atom. The van der Waals surface area contributed by atoms with Gasteiger partial charge < -0.3 is 14.8 Å². The fourth-order valence-electron chi connectivity index (χ4n) is 3.78. The maximum absolute atomic E-state index is 15.1. The number of benzene rings is 1. The van der Waals surface area contributed by atoms with E-state index in [-0.39, 0.29) is 17.8 Å². The van der Waals surface area contributed by atoms with Crippen LogP contribution in [-0.4, -0.2) is 47.6 Å². The topological polar surface area (TPSA) is 57.6 Å². The van der Waals surface area contributed by atoms with Gasteiger partial charge in [-0.05, 0) is 36.8 Å². The molecule has 1 aliphatic rings. The Kier molecular flexibility index (Phi) is 6.90. The van der Waals surface area contributed by atoms with E-state index < -0.39 is 50.6 Å². The molecule has 2 heterocycles. The fraction of sp³-hybridized carbons (Fsp3) is 0.429. The number of aromatic nitrogens is 1. The molecule has 1 N–H and O–H groups in total. The van der Waals surface area contributed by atoms with Gasteiger partial charge in [0.2, 0.25) is 0 Å². The summed E-state index contributed by atoms with van der Waals surface area (Å²) >= 11 is 2.78. The molecule has 0 bridgehead atoms. The lowest BCUT2D eigenvalue weighted by atomic mass is 10.1. The van der Waals surface area contributed by atoms with E-state index in [1.54, 1.807) is 4.90 Å². The molecule has 33 heavy (non-hydrogen) atoms. The summed E-state index contributed by atoms with van der Waals surface area (Å²) in [7, 11) is 3.10. The molecule has 12 heteroatoms. The van der Waals surface area contributed by atoms with E-state index in [1.807, 2.05) is 20.9 Å². The standard InChI is InChI=1S/C21H22BrF5N4O2/c1-10-7-31(8-11(2)30(10)4)15-6-14(23)17(22)18(24)19(15)28-20(33)12-9-29(3)16(32)5-13(12)21(25,26)27/h5-6,9-11H,7-8H2,1-4H3,(H,28,33). The second-order valence-electron chi connectivity index (χ2n) is 8.15. The van der Waals surface area contributed by atoms with Crippen molar-refractivity contribution < 1.29 is 26.7 Å². The van der Waals surface area contributed by atoms with Crippen LogP contribution in [0.1, 0.15) is 29.8 Å². The van der Waals surface area contributed by atoms with Crippen molar-refractivity contribution >= 4 is 33.2 Å². The lowest BCUT2D eigenvalue weighted by molar-refractivity contribution is -0.138. The molecule has 1 saturated heterocycles. The van der Waals surface area contributed by atoms with Crippen molar-refractivity contribution in [2.75, 3.05) is 30.4 Å². The van der Waals surface area contributed by atoms with E-state index in [9.17, 15) is 27.2 Å².